The van der Waals surface area contributed by atoms with Crippen LogP contribution in [0.15, 0.2) is 30.3 Å². The fourth-order valence-electron chi connectivity index (χ4n) is 2.89. The van der Waals surface area contributed by atoms with E-state index in [-0.39, 0.29) is 0 Å². The number of hydrogen-bond donors (Lipinski definition) is 2. The molecule has 3 aromatic rings. The number of aromatic nitrogens is 1. The van der Waals surface area contributed by atoms with Gasteiger partial charge in [0, 0.05) is 35.1 Å². The molecule has 0 aliphatic rings. The summed E-state index contributed by atoms with van der Waals surface area (Å²) in [7, 11) is 3.61. The molecule has 3 rings (SSSR count). The summed E-state index contributed by atoms with van der Waals surface area (Å²) < 4.78 is 2.24. The van der Waals surface area contributed by atoms with Crippen molar-refractivity contribution in [2.24, 2.45) is 12.8 Å². The lowest BCUT2D eigenvalue weighted by Gasteiger charge is -2.04. The van der Waals surface area contributed by atoms with Crippen LogP contribution < -0.4 is 5.73 Å². The number of hydrogen-bond acceptors (Lipinski definition) is 2. The van der Waals surface area contributed by atoms with E-state index in [0.29, 0.717) is 0 Å². The molecule has 0 radical (unpaired) electrons. The molecular weight excluding hydrogens is 258 g/mol. The van der Waals surface area contributed by atoms with E-state index in [1.807, 2.05) is 6.07 Å². The summed E-state index contributed by atoms with van der Waals surface area (Å²) >= 11 is 0. The molecule has 0 aliphatic carbocycles. The topological polar surface area (TPSA) is 54.8 Å². The van der Waals surface area contributed by atoms with E-state index in [0.717, 1.165) is 12.0 Å². The van der Waals surface area contributed by atoms with Crippen LogP contribution in [0.2, 0.25) is 0 Å². The first-order valence-electron chi connectivity index (χ1n) is 7.25. The van der Waals surface area contributed by atoms with E-state index in [2.05, 4.69) is 55.5 Å². The van der Waals surface area contributed by atoms with Crippen molar-refractivity contribution in [2.45, 2.75) is 20.3 Å². The normalized spacial score (nSPS) is 10.5. The van der Waals surface area contributed by atoms with Gasteiger partial charge in [0.1, 0.15) is 0 Å². The quantitative estimate of drug-likeness (QED) is 0.690. The van der Waals surface area contributed by atoms with E-state index in [1.165, 1.54) is 46.2 Å². The van der Waals surface area contributed by atoms with E-state index in [9.17, 15) is 0 Å². The third-order valence-electron chi connectivity index (χ3n) is 4.04. The van der Waals surface area contributed by atoms with E-state index in [4.69, 9.17) is 5.41 Å². The zero-order valence-corrected chi connectivity index (χ0v) is 13.2. The number of aryl methyl sites for hydroxylation is 3. The SMILES string of the molecule is CCc1cc2c3cc(C=N)ccc3n(C)c2cc1C.CN. The zero-order valence-electron chi connectivity index (χ0n) is 13.2. The first-order valence-corrected chi connectivity index (χ1v) is 7.25. The van der Waals surface area contributed by atoms with Gasteiger partial charge in [0.05, 0.1) is 0 Å². The Morgan fingerprint density at radius 1 is 1.10 bits per heavy atom. The molecule has 21 heavy (non-hydrogen) atoms. The average Bonchev–Trinajstić information content (AvgIpc) is 2.80. The molecule has 0 spiro atoms. The summed E-state index contributed by atoms with van der Waals surface area (Å²) in [6.45, 7) is 4.38. The van der Waals surface area contributed by atoms with Crippen LogP contribution >= 0.6 is 0 Å². The van der Waals surface area contributed by atoms with Crippen LogP contribution in [0.4, 0.5) is 0 Å². The van der Waals surface area contributed by atoms with Crippen molar-refractivity contribution in [3.63, 3.8) is 0 Å². The number of fused-ring (bicyclic) bond motifs is 3. The maximum atomic E-state index is 7.41. The number of rotatable bonds is 2. The van der Waals surface area contributed by atoms with Crippen molar-refractivity contribution in [1.82, 2.24) is 4.57 Å². The summed E-state index contributed by atoms with van der Waals surface area (Å²) in [6, 6.07) is 10.8. The molecule has 1 aromatic heterocycles. The molecule has 0 bridgehead atoms. The summed E-state index contributed by atoms with van der Waals surface area (Å²) in [4.78, 5) is 0. The third kappa shape index (κ3) is 2.45. The smallest absolute Gasteiger partial charge is 0.0491 e. The van der Waals surface area contributed by atoms with E-state index < -0.39 is 0 Å². The predicted octanol–water partition coefficient (Wildman–Crippen LogP) is 3.77. The van der Waals surface area contributed by atoms with Crippen molar-refractivity contribution < 1.29 is 0 Å². The molecule has 3 heteroatoms. The number of benzene rings is 2. The Morgan fingerprint density at radius 3 is 2.38 bits per heavy atom. The van der Waals surface area contributed by atoms with Crippen molar-refractivity contribution in [1.29, 1.82) is 5.41 Å². The Labute approximate surface area is 125 Å². The van der Waals surface area contributed by atoms with Gasteiger partial charge in [0.2, 0.25) is 0 Å². The second kappa shape index (κ2) is 6.10. The molecule has 0 aliphatic heterocycles. The Kier molecular flexibility index (Phi) is 4.43. The van der Waals surface area contributed by atoms with Crippen LogP contribution in [0.1, 0.15) is 23.6 Å². The lowest BCUT2D eigenvalue weighted by molar-refractivity contribution is 1.01. The van der Waals surface area contributed by atoms with Gasteiger partial charge in [0.15, 0.2) is 0 Å². The number of nitrogens with one attached hydrogen (secondary N) is 1. The minimum absolute atomic E-state index is 0.957. The third-order valence-corrected chi connectivity index (χ3v) is 4.04. The fraction of sp³-hybridized carbons (Fsp3) is 0.278. The first kappa shape index (κ1) is 15.3. The summed E-state index contributed by atoms with van der Waals surface area (Å²) in [5.41, 5.74) is 10.7. The molecule has 0 saturated carbocycles. The Morgan fingerprint density at radius 2 is 1.76 bits per heavy atom. The summed E-state index contributed by atoms with van der Waals surface area (Å²) in [5, 5.41) is 9.95. The molecule has 0 saturated heterocycles. The highest BCUT2D eigenvalue weighted by atomic mass is 14.9. The highest BCUT2D eigenvalue weighted by molar-refractivity contribution is 6.09. The second-order valence-corrected chi connectivity index (χ2v) is 5.13. The number of nitrogens with two attached hydrogens (primary N) is 1. The van der Waals surface area contributed by atoms with Gasteiger partial charge in [-0.3, -0.25) is 0 Å². The molecule has 0 amide bonds. The van der Waals surface area contributed by atoms with Crippen molar-refractivity contribution in [3.8, 4) is 0 Å². The fourth-order valence-corrected chi connectivity index (χ4v) is 2.89. The Hall–Kier alpha value is -2.13. The Bertz CT molecular complexity index is 797. The minimum atomic E-state index is 0.957. The van der Waals surface area contributed by atoms with Gasteiger partial charge in [-0.2, -0.15) is 0 Å². The van der Waals surface area contributed by atoms with Crippen molar-refractivity contribution in [2.75, 3.05) is 7.05 Å². The average molecular weight is 281 g/mol. The first-order chi connectivity index (χ1) is 10.2. The van der Waals surface area contributed by atoms with Crippen LogP contribution in [-0.2, 0) is 13.5 Å². The lowest BCUT2D eigenvalue weighted by atomic mass is 10.0. The van der Waals surface area contributed by atoms with Gasteiger partial charge in [0.25, 0.3) is 0 Å². The van der Waals surface area contributed by atoms with Crippen LogP contribution in [0.3, 0.4) is 0 Å². The van der Waals surface area contributed by atoms with Crippen LogP contribution in [0.5, 0.6) is 0 Å². The molecule has 110 valence electrons. The van der Waals surface area contributed by atoms with Gasteiger partial charge in [-0.1, -0.05) is 13.0 Å². The monoisotopic (exact) mass is 281 g/mol. The standard InChI is InChI=1S/C17H18N2.CH5N/c1-4-13-9-15-14-8-12(10-18)5-6-16(14)19(3)17(15)7-11(13)2;1-2/h5-10,18H,4H2,1-3H3;2H2,1H3. The minimum Gasteiger partial charge on any atom is -0.344 e. The second-order valence-electron chi connectivity index (χ2n) is 5.13. The van der Waals surface area contributed by atoms with Crippen molar-refractivity contribution in [3.05, 3.63) is 47.0 Å². The maximum absolute atomic E-state index is 7.41. The van der Waals surface area contributed by atoms with Gasteiger partial charge in [-0.25, -0.2) is 0 Å². The van der Waals surface area contributed by atoms with Crippen LogP contribution in [-0.4, -0.2) is 17.8 Å². The van der Waals surface area contributed by atoms with Gasteiger partial charge in [-0.05, 0) is 61.3 Å². The van der Waals surface area contributed by atoms with E-state index in [1.54, 1.807) is 0 Å². The molecular formula is C18H23N3. The van der Waals surface area contributed by atoms with E-state index >= 15 is 0 Å². The molecule has 2 aromatic carbocycles. The zero-order chi connectivity index (χ0) is 15.6. The lowest BCUT2D eigenvalue weighted by Crippen LogP contribution is -1.90. The predicted molar refractivity (Wildman–Crippen MR) is 92.5 cm³/mol. The van der Waals surface area contributed by atoms with Crippen LogP contribution in [0, 0.1) is 12.3 Å². The van der Waals surface area contributed by atoms with Crippen molar-refractivity contribution >= 4 is 28.0 Å². The van der Waals surface area contributed by atoms with Gasteiger partial charge in [-0.15, -0.1) is 0 Å². The van der Waals surface area contributed by atoms with Gasteiger partial charge >= 0.3 is 0 Å². The highest BCUT2D eigenvalue weighted by Crippen LogP contribution is 2.31. The molecule has 0 fully saturated rings. The highest BCUT2D eigenvalue weighted by Gasteiger charge is 2.10. The molecule has 0 unspecified atom stereocenters. The van der Waals surface area contributed by atoms with Crippen LogP contribution in [0.25, 0.3) is 21.8 Å². The number of nitrogens with zero attached hydrogens (tertiary/aromatic N) is 1. The van der Waals surface area contributed by atoms with Gasteiger partial charge < -0.3 is 15.7 Å². The molecule has 3 nitrogen and oxygen atoms in total. The largest absolute Gasteiger partial charge is 0.344 e. The molecule has 0 atom stereocenters. The summed E-state index contributed by atoms with van der Waals surface area (Å²) in [5.74, 6) is 0. The molecule has 1 heterocycles. The Balaban J connectivity index is 0.000000774. The summed E-state index contributed by atoms with van der Waals surface area (Å²) in [6.07, 6.45) is 2.47. The maximum Gasteiger partial charge on any atom is 0.0491 e. The molecule has 3 N–H and O–H groups in total.